The van der Waals surface area contributed by atoms with Crippen LogP contribution in [0.3, 0.4) is 0 Å². The average Bonchev–Trinajstić information content (AvgIpc) is 3.76. The monoisotopic (exact) mass is 625 g/mol. The van der Waals surface area contributed by atoms with Crippen molar-refractivity contribution in [3.8, 4) is 11.5 Å². The molecule has 4 aromatic rings. The summed E-state index contributed by atoms with van der Waals surface area (Å²) in [6, 6.07) is 23.0. The lowest BCUT2D eigenvalue weighted by Crippen LogP contribution is -2.42. The van der Waals surface area contributed by atoms with Crippen LogP contribution in [0.1, 0.15) is 22.8 Å². The molecule has 0 radical (unpaired) electrons. The number of para-hydroxylation sites is 1. The predicted octanol–water partition coefficient (Wildman–Crippen LogP) is 4.84. The Morgan fingerprint density at radius 1 is 0.955 bits per heavy atom. The highest BCUT2D eigenvalue weighted by Gasteiger charge is 2.69. The second kappa shape index (κ2) is 10.4. The number of nitrogens with zero attached hydrogens (tertiary/aromatic N) is 1. The van der Waals surface area contributed by atoms with Crippen LogP contribution in [-0.2, 0) is 14.4 Å². The maximum absolute atomic E-state index is 13.9. The number of aromatic nitrogens is 1. The molecule has 3 N–H and O–H groups in total. The summed E-state index contributed by atoms with van der Waals surface area (Å²) in [6.45, 7) is -0.208. The van der Waals surface area contributed by atoms with Gasteiger partial charge in [0, 0.05) is 21.7 Å². The van der Waals surface area contributed by atoms with E-state index in [9.17, 15) is 24.3 Å². The summed E-state index contributed by atoms with van der Waals surface area (Å²) in [5, 5.41) is 13.1. The van der Waals surface area contributed by atoms with Gasteiger partial charge in [-0.1, -0.05) is 41.7 Å². The number of hydrogen-bond acceptors (Lipinski definition) is 8. The van der Waals surface area contributed by atoms with Gasteiger partial charge in [0.15, 0.2) is 6.61 Å². The van der Waals surface area contributed by atoms with Gasteiger partial charge in [-0.15, -0.1) is 11.8 Å². The van der Waals surface area contributed by atoms with Crippen molar-refractivity contribution in [3.63, 3.8) is 0 Å². The summed E-state index contributed by atoms with van der Waals surface area (Å²) >= 11 is 2.86. The molecular weight excluding hydrogens is 599 g/mol. The molecule has 44 heavy (non-hydrogen) atoms. The van der Waals surface area contributed by atoms with Crippen LogP contribution in [0.2, 0.25) is 0 Å². The second-order valence-corrected chi connectivity index (χ2v) is 14.0. The number of amides is 3. The van der Waals surface area contributed by atoms with Crippen LogP contribution in [0.4, 0.5) is 11.4 Å². The Kier molecular flexibility index (Phi) is 6.42. The Morgan fingerprint density at radius 3 is 2.48 bits per heavy atom. The van der Waals surface area contributed by atoms with Crippen LogP contribution in [0.15, 0.2) is 88.7 Å². The first-order valence-electron chi connectivity index (χ1n) is 14.5. The average molecular weight is 626 g/mol. The number of H-pyrrole nitrogens is 1. The smallest absolute Gasteiger partial charge is 0.305 e. The van der Waals surface area contributed by atoms with E-state index in [4.69, 9.17) is 4.74 Å². The summed E-state index contributed by atoms with van der Waals surface area (Å²) in [4.78, 5) is 58.0. The first kappa shape index (κ1) is 27.2. The lowest BCUT2D eigenvalue weighted by atomic mass is 9.68. The summed E-state index contributed by atoms with van der Waals surface area (Å²) in [5.41, 5.74) is 2.12. The van der Waals surface area contributed by atoms with Crippen LogP contribution in [0, 0.1) is 29.6 Å². The summed E-state index contributed by atoms with van der Waals surface area (Å²) < 4.78 is 5.89. The molecule has 2 bridgehead atoms. The molecule has 6 unspecified atom stereocenters. The van der Waals surface area contributed by atoms with Crippen molar-refractivity contribution in [2.75, 3.05) is 16.8 Å². The van der Waals surface area contributed by atoms with Gasteiger partial charge in [-0.25, -0.2) is 0 Å². The SMILES string of the molecule is O=C(COc1cccc([C@H]2c3sc(=O)[nH]c3SC3C4CC(C5C(=O)N(c6ccccc6)C(=O)C45)C32)c1)Nc1ccc(O)cc1. The number of aromatic amines is 1. The molecule has 7 atom stereocenters. The maximum atomic E-state index is 13.9. The molecule has 4 aliphatic rings. The number of carbonyl (C=O) groups is 3. The van der Waals surface area contributed by atoms with Gasteiger partial charge in [0.05, 0.1) is 22.5 Å². The van der Waals surface area contributed by atoms with E-state index in [1.54, 1.807) is 30.0 Å². The lowest BCUT2D eigenvalue weighted by Gasteiger charge is -2.43. The van der Waals surface area contributed by atoms with Crippen molar-refractivity contribution in [1.82, 2.24) is 4.98 Å². The number of rotatable bonds is 6. The Hall–Kier alpha value is -4.35. The zero-order valence-electron chi connectivity index (χ0n) is 23.2. The number of phenols is 1. The Morgan fingerprint density at radius 2 is 1.70 bits per heavy atom. The normalized spacial score (nSPS) is 28.0. The highest BCUT2D eigenvalue weighted by atomic mass is 32.2. The van der Waals surface area contributed by atoms with Crippen LogP contribution in [0.5, 0.6) is 11.5 Å². The highest BCUT2D eigenvalue weighted by Crippen LogP contribution is 2.68. The van der Waals surface area contributed by atoms with Crippen molar-refractivity contribution in [3.05, 3.63) is 99.0 Å². The van der Waals surface area contributed by atoms with Crippen molar-refractivity contribution >= 4 is 52.2 Å². The fourth-order valence-electron chi connectivity index (χ4n) is 7.91. The van der Waals surface area contributed by atoms with Crippen LogP contribution >= 0.6 is 23.1 Å². The van der Waals surface area contributed by atoms with Crippen LogP contribution in [0.25, 0.3) is 0 Å². The summed E-state index contributed by atoms with van der Waals surface area (Å²) in [7, 11) is 0. The topological polar surface area (TPSA) is 129 Å². The number of thioether (sulfide) groups is 1. The standard InChI is InChI=1S/C33H27N3O6S2/c37-19-11-9-17(10-12-19)34-23(38)15-42-20-8-4-5-16(13-20)24-25-21-14-22(28(25)43-30-29(24)44-33(41)35-30)27-26(21)31(39)36(32(27)40)18-6-2-1-3-7-18/h1-13,21-22,24-28,37H,14-15H2,(H,34,38)(H,35,41)/t21?,22?,24-,25?,26?,27?,28?/m1/s1. The molecule has 3 heterocycles. The van der Waals surface area contributed by atoms with Crippen molar-refractivity contribution < 1.29 is 24.2 Å². The molecule has 8 rings (SSSR count). The second-order valence-electron chi connectivity index (χ2n) is 11.8. The fourth-order valence-corrected chi connectivity index (χ4v) is 10.8. The third kappa shape index (κ3) is 4.28. The minimum atomic E-state index is -0.378. The molecule has 3 fully saturated rings. The fraction of sp³-hybridized carbons (Fsp3) is 0.273. The lowest BCUT2D eigenvalue weighted by molar-refractivity contribution is -0.123. The molecule has 3 aromatic carbocycles. The number of phenolic OH excluding ortho intramolecular Hbond substituents is 1. The van der Waals surface area contributed by atoms with Gasteiger partial charge >= 0.3 is 4.87 Å². The number of imide groups is 1. The number of anilines is 2. The molecule has 9 nitrogen and oxygen atoms in total. The van der Waals surface area contributed by atoms with Gasteiger partial charge in [0.25, 0.3) is 5.91 Å². The molecule has 11 heteroatoms. The molecule has 2 aliphatic heterocycles. The molecule has 1 aromatic heterocycles. The number of nitrogens with one attached hydrogen (secondary N) is 2. The van der Waals surface area contributed by atoms with Gasteiger partial charge in [0.1, 0.15) is 11.5 Å². The summed E-state index contributed by atoms with van der Waals surface area (Å²) in [6.07, 6.45) is 0.807. The van der Waals surface area contributed by atoms with E-state index in [1.807, 2.05) is 48.5 Å². The largest absolute Gasteiger partial charge is 0.508 e. The molecule has 3 amide bonds. The minimum absolute atomic E-state index is 0.00340. The van der Waals surface area contributed by atoms with E-state index >= 15 is 0 Å². The molecular formula is C33H27N3O6S2. The zero-order valence-corrected chi connectivity index (χ0v) is 24.8. The maximum Gasteiger partial charge on any atom is 0.305 e. The minimum Gasteiger partial charge on any atom is -0.508 e. The van der Waals surface area contributed by atoms with Gasteiger partial charge in [-0.05, 0) is 78.3 Å². The van der Waals surface area contributed by atoms with E-state index in [0.717, 1.165) is 21.9 Å². The number of hydrogen-bond donors (Lipinski definition) is 3. The van der Waals surface area contributed by atoms with Gasteiger partial charge in [-0.3, -0.25) is 24.1 Å². The molecule has 222 valence electrons. The Labute approximate surface area is 260 Å². The highest BCUT2D eigenvalue weighted by molar-refractivity contribution is 8.00. The van der Waals surface area contributed by atoms with Crippen molar-refractivity contribution in [2.45, 2.75) is 22.6 Å². The predicted molar refractivity (Wildman–Crippen MR) is 166 cm³/mol. The van der Waals surface area contributed by atoms with E-state index < -0.39 is 0 Å². The Bertz CT molecular complexity index is 1850. The third-order valence-electron chi connectivity index (χ3n) is 9.48. The number of ether oxygens (including phenoxy) is 1. The number of benzene rings is 3. The quantitative estimate of drug-likeness (QED) is 0.207. The van der Waals surface area contributed by atoms with Gasteiger partial charge < -0.3 is 20.1 Å². The van der Waals surface area contributed by atoms with E-state index in [-0.39, 0.29) is 75.7 Å². The number of thiazole rings is 1. The van der Waals surface area contributed by atoms with Gasteiger partial charge in [0.2, 0.25) is 11.8 Å². The number of carbonyl (C=O) groups excluding carboxylic acids is 3. The van der Waals surface area contributed by atoms with Crippen LogP contribution in [-0.4, -0.2) is 39.7 Å². The van der Waals surface area contributed by atoms with Gasteiger partial charge in [-0.2, -0.15) is 0 Å². The summed E-state index contributed by atoms with van der Waals surface area (Å²) in [5.74, 6) is -0.725. The molecule has 0 spiro atoms. The van der Waals surface area contributed by atoms with Crippen molar-refractivity contribution in [1.29, 1.82) is 0 Å². The first-order valence-corrected chi connectivity index (χ1v) is 16.2. The van der Waals surface area contributed by atoms with E-state index in [0.29, 0.717) is 17.1 Å². The third-order valence-corrected chi connectivity index (χ3v) is 12.1. The Balaban J connectivity index is 1.09. The number of fused-ring (bicyclic) bond motifs is 9. The van der Waals surface area contributed by atoms with E-state index in [1.165, 1.54) is 28.4 Å². The molecule has 1 saturated heterocycles. The molecule has 2 saturated carbocycles. The van der Waals surface area contributed by atoms with Crippen LogP contribution < -0.4 is 19.8 Å². The van der Waals surface area contributed by atoms with Crippen molar-refractivity contribution in [2.24, 2.45) is 29.6 Å². The first-order chi connectivity index (χ1) is 21.4. The van der Waals surface area contributed by atoms with E-state index in [2.05, 4.69) is 10.3 Å². The molecule has 2 aliphatic carbocycles. The zero-order chi connectivity index (χ0) is 30.1. The number of aromatic hydroxyl groups is 1.